The summed E-state index contributed by atoms with van der Waals surface area (Å²) in [5.74, 6) is 0. The van der Waals surface area contributed by atoms with Crippen LogP contribution in [0.4, 0.5) is 12.9 Å². The van der Waals surface area contributed by atoms with E-state index in [-0.39, 0.29) is 69.7 Å². The minimum atomic E-state index is -4.98. The molecule has 0 aromatic carbocycles. The first-order valence-corrected chi connectivity index (χ1v) is 5.43. The van der Waals surface area contributed by atoms with Crippen LogP contribution in [-0.2, 0) is 9.47 Å². The van der Waals surface area contributed by atoms with Crippen molar-refractivity contribution in [2.45, 2.75) is 45.0 Å². The van der Waals surface area contributed by atoms with Gasteiger partial charge in [0.05, 0.1) is 18.3 Å². The monoisotopic (exact) mass is 276 g/mol. The summed E-state index contributed by atoms with van der Waals surface area (Å²) in [6.07, 6.45) is 1.20. The SMILES string of the molecule is C=C(COC1CC(C)OC(C)C1)[B-](F)(F)F.[K+]. The van der Waals surface area contributed by atoms with E-state index in [4.69, 9.17) is 9.47 Å². The molecule has 17 heavy (non-hydrogen) atoms. The van der Waals surface area contributed by atoms with E-state index in [2.05, 4.69) is 6.58 Å². The molecule has 2 atom stereocenters. The summed E-state index contributed by atoms with van der Waals surface area (Å²) >= 11 is 0. The predicted molar refractivity (Wildman–Crippen MR) is 57.2 cm³/mol. The maximum absolute atomic E-state index is 12.2. The molecule has 1 fully saturated rings. The van der Waals surface area contributed by atoms with Crippen LogP contribution in [0.15, 0.2) is 12.1 Å². The van der Waals surface area contributed by atoms with E-state index in [9.17, 15) is 12.9 Å². The molecule has 0 bridgehead atoms. The minimum Gasteiger partial charge on any atom is -0.445 e. The zero-order valence-electron chi connectivity index (χ0n) is 10.6. The average Bonchev–Trinajstić information content (AvgIpc) is 2.11. The van der Waals surface area contributed by atoms with Crippen LogP contribution in [0.3, 0.4) is 0 Å². The van der Waals surface area contributed by atoms with Gasteiger partial charge >= 0.3 is 58.4 Å². The molecular weight excluding hydrogens is 259 g/mol. The van der Waals surface area contributed by atoms with Crippen LogP contribution >= 0.6 is 0 Å². The summed E-state index contributed by atoms with van der Waals surface area (Å²) in [5, 5.41) is 0. The summed E-state index contributed by atoms with van der Waals surface area (Å²) in [7, 11) is 0. The summed E-state index contributed by atoms with van der Waals surface area (Å²) < 4.78 is 47.3. The van der Waals surface area contributed by atoms with E-state index < -0.39 is 19.1 Å². The van der Waals surface area contributed by atoms with Crippen molar-refractivity contribution in [2.24, 2.45) is 0 Å². The number of halogens is 3. The predicted octanol–water partition coefficient (Wildman–Crippen LogP) is -0.0942. The zero-order valence-corrected chi connectivity index (χ0v) is 13.7. The van der Waals surface area contributed by atoms with Crippen molar-refractivity contribution in [3.63, 3.8) is 0 Å². The molecular formula is C10H17BF3KO2. The molecule has 2 unspecified atom stereocenters. The van der Waals surface area contributed by atoms with E-state index in [1.165, 1.54) is 0 Å². The van der Waals surface area contributed by atoms with Crippen molar-refractivity contribution < 1.29 is 73.8 Å². The molecule has 0 spiro atoms. The molecule has 1 saturated heterocycles. The molecule has 0 aromatic heterocycles. The van der Waals surface area contributed by atoms with Gasteiger partial charge in [0.25, 0.3) is 0 Å². The van der Waals surface area contributed by atoms with E-state index in [1.54, 1.807) is 0 Å². The Hall–Kier alpha value is 1.15. The maximum Gasteiger partial charge on any atom is 1.00 e. The molecule has 0 radical (unpaired) electrons. The van der Waals surface area contributed by atoms with Crippen LogP contribution in [0.5, 0.6) is 0 Å². The summed E-state index contributed by atoms with van der Waals surface area (Å²) in [5.41, 5.74) is -0.771. The Morgan fingerprint density at radius 2 is 1.76 bits per heavy atom. The summed E-state index contributed by atoms with van der Waals surface area (Å²) in [6.45, 7) is 1.39. The molecule has 1 heterocycles. The van der Waals surface area contributed by atoms with Gasteiger partial charge in [-0.15, -0.1) is 12.1 Å². The quantitative estimate of drug-likeness (QED) is 0.668. The van der Waals surface area contributed by atoms with Crippen LogP contribution < -0.4 is 51.4 Å². The van der Waals surface area contributed by atoms with E-state index >= 15 is 0 Å². The number of hydrogen-bond acceptors (Lipinski definition) is 2. The van der Waals surface area contributed by atoms with Crippen molar-refractivity contribution in [1.82, 2.24) is 0 Å². The second-order valence-corrected chi connectivity index (χ2v) is 4.39. The Kier molecular flexibility index (Phi) is 8.19. The molecule has 0 amide bonds. The summed E-state index contributed by atoms with van der Waals surface area (Å²) in [4.78, 5) is 0. The Labute approximate surface area is 143 Å². The first-order valence-electron chi connectivity index (χ1n) is 5.43. The standard InChI is InChI=1S/C10H17BF3O2.K/c1-7(11(12,13)14)6-15-10-4-8(2)16-9(3)5-10;/h8-10H,1,4-6H2,2-3H3;/q-1;+1. The van der Waals surface area contributed by atoms with Crippen molar-refractivity contribution in [3.05, 3.63) is 12.1 Å². The zero-order chi connectivity index (χ0) is 12.3. The Morgan fingerprint density at radius 3 is 2.18 bits per heavy atom. The van der Waals surface area contributed by atoms with Gasteiger partial charge in [-0.05, 0) is 26.7 Å². The van der Waals surface area contributed by atoms with Gasteiger partial charge in [0.2, 0.25) is 0 Å². The van der Waals surface area contributed by atoms with Crippen LogP contribution in [0.1, 0.15) is 26.7 Å². The fraction of sp³-hybridized carbons (Fsp3) is 0.800. The molecule has 0 aliphatic carbocycles. The molecule has 1 aliphatic rings. The van der Waals surface area contributed by atoms with Gasteiger partial charge in [-0.1, -0.05) is 0 Å². The molecule has 2 nitrogen and oxygen atoms in total. The maximum atomic E-state index is 12.2. The fourth-order valence-corrected chi connectivity index (χ4v) is 1.80. The van der Waals surface area contributed by atoms with E-state index in [1.807, 2.05) is 13.8 Å². The molecule has 94 valence electrons. The number of rotatable bonds is 4. The van der Waals surface area contributed by atoms with Gasteiger partial charge in [0.1, 0.15) is 0 Å². The number of hydrogen-bond donors (Lipinski definition) is 0. The topological polar surface area (TPSA) is 18.5 Å². The molecule has 1 aliphatic heterocycles. The van der Waals surface area contributed by atoms with Gasteiger partial charge in [-0.25, -0.2) is 0 Å². The Balaban J connectivity index is 0.00000256. The van der Waals surface area contributed by atoms with Crippen molar-refractivity contribution in [3.8, 4) is 0 Å². The molecule has 1 rings (SSSR count). The normalized spacial score (nSPS) is 29.6. The third-order valence-electron chi connectivity index (χ3n) is 2.62. The molecule has 0 saturated carbocycles. The molecule has 7 heteroatoms. The van der Waals surface area contributed by atoms with E-state index in [0.717, 1.165) is 0 Å². The van der Waals surface area contributed by atoms with Gasteiger partial charge in [-0.2, -0.15) is 0 Å². The van der Waals surface area contributed by atoms with Crippen molar-refractivity contribution in [2.75, 3.05) is 6.61 Å². The first kappa shape index (κ1) is 18.2. The smallest absolute Gasteiger partial charge is 0.445 e. The fourth-order valence-electron chi connectivity index (χ4n) is 1.80. The molecule has 0 N–H and O–H groups in total. The van der Waals surface area contributed by atoms with Gasteiger partial charge in [0.15, 0.2) is 0 Å². The minimum absolute atomic E-state index is 0. The van der Waals surface area contributed by atoms with Crippen LogP contribution in [0.2, 0.25) is 0 Å². The third-order valence-corrected chi connectivity index (χ3v) is 2.62. The largest absolute Gasteiger partial charge is 1.00 e. The second kappa shape index (κ2) is 7.67. The molecule has 0 aromatic rings. The van der Waals surface area contributed by atoms with Crippen molar-refractivity contribution in [1.29, 1.82) is 0 Å². The summed E-state index contributed by atoms with van der Waals surface area (Å²) in [6, 6.07) is 0. The number of ether oxygens (including phenoxy) is 2. The van der Waals surface area contributed by atoms with Crippen LogP contribution in [0.25, 0.3) is 0 Å². The van der Waals surface area contributed by atoms with E-state index in [0.29, 0.717) is 12.8 Å². The Bertz CT molecular complexity index is 250. The van der Waals surface area contributed by atoms with Gasteiger partial charge in [0, 0.05) is 6.61 Å². The Morgan fingerprint density at radius 1 is 1.29 bits per heavy atom. The average molecular weight is 276 g/mol. The second-order valence-electron chi connectivity index (χ2n) is 4.39. The third kappa shape index (κ3) is 6.75. The first-order chi connectivity index (χ1) is 7.29. The van der Waals surface area contributed by atoms with Crippen LogP contribution in [-0.4, -0.2) is 31.9 Å². The van der Waals surface area contributed by atoms with Gasteiger partial charge in [-0.3, -0.25) is 0 Å². The van der Waals surface area contributed by atoms with Gasteiger partial charge < -0.3 is 22.4 Å². The van der Waals surface area contributed by atoms with Crippen molar-refractivity contribution >= 4 is 6.98 Å². The van der Waals surface area contributed by atoms with Crippen LogP contribution in [0, 0.1) is 0 Å².